The summed E-state index contributed by atoms with van der Waals surface area (Å²) in [5.41, 5.74) is 2.63. The normalized spacial score (nSPS) is 15.0. The third kappa shape index (κ3) is 3.54. The second-order valence-electron chi connectivity index (χ2n) is 7.61. The fourth-order valence-corrected chi connectivity index (χ4v) is 2.71. The number of hydrogen-bond donors (Lipinski definition) is 0. The molecule has 0 N–H and O–H groups in total. The highest BCUT2D eigenvalue weighted by Gasteiger charge is 2.31. The molecule has 4 heteroatoms. The molecule has 26 heavy (non-hydrogen) atoms. The molecule has 0 atom stereocenters. The van der Waals surface area contributed by atoms with Crippen molar-refractivity contribution in [3.05, 3.63) is 64.4 Å². The molecule has 0 aromatic heterocycles. The molecule has 2 aromatic carbocycles. The second-order valence-corrected chi connectivity index (χ2v) is 7.61. The van der Waals surface area contributed by atoms with Gasteiger partial charge in [-0.25, -0.2) is 0 Å². The quantitative estimate of drug-likeness (QED) is 0.440. The van der Waals surface area contributed by atoms with Crippen LogP contribution in [0.15, 0.2) is 42.2 Å². The van der Waals surface area contributed by atoms with Gasteiger partial charge in [-0.2, -0.15) is 0 Å². The molecule has 0 bridgehead atoms. The summed E-state index contributed by atoms with van der Waals surface area (Å²) in [6.07, 6.45) is 1.73. The Morgan fingerprint density at radius 3 is 2.50 bits per heavy atom. The highest BCUT2D eigenvalue weighted by Crippen LogP contribution is 2.38. The summed E-state index contributed by atoms with van der Waals surface area (Å²) >= 11 is 0. The predicted octanol–water partition coefficient (Wildman–Crippen LogP) is 4.87. The minimum absolute atomic E-state index is 0.160. The number of carbonyl (C=O) groups excluding carboxylic acids is 2. The molecule has 1 aliphatic heterocycles. The van der Waals surface area contributed by atoms with Gasteiger partial charge in [-0.15, -0.1) is 0 Å². The van der Waals surface area contributed by atoms with Crippen molar-refractivity contribution in [3.63, 3.8) is 0 Å². The molecule has 1 aliphatic rings. The first-order valence-corrected chi connectivity index (χ1v) is 8.53. The van der Waals surface area contributed by atoms with Gasteiger partial charge in [0, 0.05) is 6.07 Å². The third-order valence-electron chi connectivity index (χ3n) is 4.11. The van der Waals surface area contributed by atoms with Gasteiger partial charge in [-0.05, 0) is 57.9 Å². The first-order valence-electron chi connectivity index (χ1n) is 8.53. The number of allylic oxidation sites excluding steroid dienone is 1. The van der Waals surface area contributed by atoms with Crippen LogP contribution in [0.3, 0.4) is 0 Å². The largest absolute Gasteiger partial charge is 0.452 e. The zero-order chi connectivity index (χ0) is 19.1. The molecular weight excluding hydrogens is 328 g/mol. The van der Waals surface area contributed by atoms with Gasteiger partial charge in [0.2, 0.25) is 5.78 Å². The van der Waals surface area contributed by atoms with Crippen molar-refractivity contribution in [2.75, 3.05) is 0 Å². The number of fused-ring (bicyclic) bond motifs is 1. The lowest BCUT2D eigenvalue weighted by Crippen LogP contribution is -2.25. The van der Waals surface area contributed by atoms with E-state index in [9.17, 15) is 9.59 Å². The number of rotatable bonds is 2. The molecule has 0 fully saturated rings. The van der Waals surface area contributed by atoms with Gasteiger partial charge in [0.1, 0.15) is 11.5 Å². The summed E-state index contributed by atoms with van der Waals surface area (Å²) in [7, 11) is 0. The number of esters is 1. The van der Waals surface area contributed by atoms with E-state index in [1.807, 2.05) is 38.1 Å². The minimum atomic E-state index is -0.611. The number of ketones is 1. The van der Waals surface area contributed by atoms with Crippen molar-refractivity contribution in [2.45, 2.75) is 34.6 Å². The van der Waals surface area contributed by atoms with E-state index < -0.39 is 5.41 Å². The van der Waals surface area contributed by atoms with Crippen LogP contribution in [0.5, 0.6) is 11.5 Å². The number of aryl methyl sites for hydroxylation is 2. The maximum absolute atomic E-state index is 12.7. The van der Waals surface area contributed by atoms with Crippen molar-refractivity contribution in [1.29, 1.82) is 0 Å². The molecule has 134 valence electrons. The van der Waals surface area contributed by atoms with Gasteiger partial charge >= 0.3 is 5.97 Å². The highest BCUT2D eigenvalue weighted by molar-refractivity contribution is 6.15. The van der Waals surface area contributed by atoms with Crippen LogP contribution in [0.1, 0.15) is 47.8 Å². The molecule has 0 aliphatic carbocycles. The van der Waals surface area contributed by atoms with Crippen molar-refractivity contribution in [2.24, 2.45) is 5.41 Å². The Bertz CT molecular complexity index is 930. The Labute approximate surface area is 153 Å². The van der Waals surface area contributed by atoms with Gasteiger partial charge in [-0.3, -0.25) is 9.59 Å². The topological polar surface area (TPSA) is 52.6 Å². The summed E-state index contributed by atoms with van der Waals surface area (Å²) in [6, 6.07) is 11.1. The molecule has 0 amide bonds. The Balaban J connectivity index is 1.92. The van der Waals surface area contributed by atoms with E-state index in [0.717, 1.165) is 16.7 Å². The van der Waals surface area contributed by atoms with E-state index in [-0.39, 0.29) is 17.5 Å². The highest BCUT2D eigenvalue weighted by atomic mass is 16.5. The first kappa shape index (κ1) is 17.9. The van der Waals surface area contributed by atoms with E-state index in [1.165, 1.54) is 0 Å². The lowest BCUT2D eigenvalue weighted by molar-refractivity contribution is -0.143. The Hall–Kier alpha value is -2.88. The average molecular weight is 350 g/mol. The molecule has 0 radical (unpaired) electrons. The molecule has 0 saturated heterocycles. The van der Waals surface area contributed by atoms with E-state index in [2.05, 4.69) is 0 Å². The Morgan fingerprint density at radius 1 is 1.12 bits per heavy atom. The van der Waals surface area contributed by atoms with Gasteiger partial charge in [0.05, 0.1) is 11.0 Å². The summed E-state index contributed by atoms with van der Waals surface area (Å²) in [5.74, 6) is 0.578. The first-order chi connectivity index (χ1) is 12.1. The van der Waals surface area contributed by atoms with Crippen molar-refractivity contribution < 1.29 is 19.1 Å². The number of benzene rings is 2. The zero-order valence-corrected chi connectivity index (χ0v) is 15.7. The maximum Gasteiger partial charge on any atom is 0.316 e. The monoisotopic (exact) mass is 350 g/mol. The van der Waals surface area contributed by atoms with Crippen LogP contribution in [-0.4, -0.2) is 11.8 Å². The molecule has 1 heterocycles. The third-order valence-corrected chi connectivity index (χ3v) is 4.11. The van der Waals surface area contributed by atoms with Crippen LogP contribution in [0, 0.1) is 19.3 Å². The molecule has 4 nitrogen and oxygen atoms in total. The van der Waals surface area contributed by atoms with Gasteiger partial charge in [0.15, 0.2) is 5.76 Å². The van der Waals surface area contributed by atoms with Crippen LogP contribution in [0.4, 0.5) is 0 Å². The smallest absolute Gasteiger partial charge is 0.316 e. The minimum Gasteiger partial charge on any atom is -0.452 e. The van der Waals surface area contributed by atoms with Crippen LogP contribution in [-0.2, 0) is 4.79 Å². The summed E-state index contributed by atoms with van der Waals surface area (Å²) < 4.78 is 11.2. The standard InChI is InChI=1S/C22H22O4/c1-13-7-6-8-15(9-13)11-18-20(23)19-14(2)10-16(12-17(19)26-18)25-21(24)22(3,4)5/h6-12H,1-5H3/b18-11-. The lowest BCUT2D eigenvalue weighted by Gasteiger charge is -2.16. The van der Waals surface area contributed by atoms with Gasteiger partial charge in [0.25, 0.3) is 0 Å². The summed E-state index contributed by atoms with van der Waals surface area (Å²) in [4.78, 5) is 24.8. The summed E-state index contributed by atoms with van der Waals surface area (Å²) in [5, 5.41) is 0. The zero-order valence-electron chi connectivity index (χ0n) is 15.7. The molecule has 0 unspecified atom stereocenters. The van der Waals surface area contributed by atoms with Crippen LogP contribution in [0.2, 0.25) is 0 Å². The Kier molecular flexibility index (Phi) is 4.45. The number of hydrogen-bond acceptors (Lipinski definition) is 4. The van der Waals surface area contributed by atoms with Crippen LogP contribution < -0.4 is 9.47 Å². The molecular formula is C22H22O4. The van der Waals surface area contributed by atoms with Crippen LogP contribution >= 0.6 is 0 Å². The number of ether oxygens (including phenoxy) is 2. The van der Waals surface area contributed by atoms with Gasteiger partial charge in [-0.1, -0.05) is 29.8 Å². The summed E-state index contributed by atoms with van der Waals surface area (Å²) in [6.45, 7) is 9.17. The second kappa shape index (κ2) is 6.45. The van der Waals surface area contributed by atoms with Gasteiger partial charge < -0.3 is 9.47 Å². The van der Waals surface area contributed by atoms with E-state index in [4.69, 9.17) is 9.47 Å². The van der Waals surface area contributed by atoms with Crippen molar-refractivity contribution in [3.8, 4) is 11.5 Å². The fourth-order valence-electron chi connectivity index (χ4n) is 2.71. The molecule has 0 spiro atoms. The average Bonchev–Trinajstić information content (AvgIpc) is 2.82. The maximum atomic E-state index is 12.7. The van der Waals surface area contributed by atoms with E-state index in [1.54, 1.807) is 39.0 Å². The molecule has 2 aromatic rings. The van der Waals surface area contributed by atoms with E-state index in [0.29, 0.717) is 17.1 Å². The SMILES string of the molecule is Cc1cccc(/C=C2\Oc3cc(OC(=O)C(C)(C)C)cc(C)c3C2=O)c1. The lowest BCUT2D eigenvalue weighted by atomic mass is 9.97. The molecule has 3 rings (SSSR count). The van der Waals surface area contributed by atoms with E-state index >= 15 is 0 Å². The number of Topliss-reactive ketones (excluding diaryl/α,β-unsaturated/α-hetero) is 1. The van der Waals surface area contributed by atoms with Crippen LogP contribution in [0.25, 0.3) is 6.08 Å². The Morgan fingerprint density at radius 2 is 1.85 bits per heavy atom. The van der Waals surface area contributed by atoms with Crippen molar-refractivity contribution in [1.82, 2.24) is 0 Å². The van der Waals surface area contributed by atoms with Crippen molar-refractivity contribution >= 4 is 17.8 Å². The fraction of sp³-hybridized carbons (Fsp3) is 0.273. The predicted molar refractivity (Wildman–Crippen MR) is 100 cm³/mol. The number of carbonyl (C=O) groups is 2. The molecule has 0 saturated carbocycles.